The van der Waals surface area contributed by atoms with E-state index in [0.29, 0.717) is 94.3 Å². The summed E-state index contributed by atoms with van der Waals surface area (Å²) in [5.74, 6) is -1.52. The van der Waals surface area contributed by atoms with Gasteiger partial charge < -0.3 is 28.7 Å². The molecule has 1 heterocycles. The summed E-state index contributed by atoms with van der Waals surface area (Å²) in [6.45, 7) is 7.78. The van der Waals surface area contributed by atoms with Gasteiger partial charge in [-0.15, -0.1) is 0 Å². The first-order valence-electron chi connectivity index (χ1n) is 22.5. The number of unbranched alkanes of at least 4 members (excludes halogenated alkanes) is 2. The summed E-state index contributed by atoms with van der Waals surface area (Å²) < 4.78 is 155. The smallest absolute Gasteiger partial charge is 0.748 e. The zero-order valence-electron chi connectivity index (χ0n) is 44.4. The molecule has 7 rings (SSSR count). The molecule has 396 valence electrons. The van der Waals surface area contributed by atoms with E-state index in [1.54, 1.807) is 24.3 Å². The van der Waals surface area contributed by atoms with Gasteiger partial charge in [-0.05, 0) is 116 Å². The van der Waals surface area contributed by atoms with Gasteiger partial charge in [-0.3, -0.25) is 10.1 Å². The van der Waals surface area contributed by atoms with Crippen molar-refractivity contribution in [3.8, 4) is 0 Å². The summed E-state index contributed by atoms with van der Waals surface area (Å²) in [5.41, 5.74) is 3.70. The Morgan fingerprint density at radius 2 is 1.28 bits per heavy atom. The maximum atomic E-state index is 12.9. The van der Waals surface area contributed by atoms with Gasteiger partial charge in [-0.2, -0.15) is 13.2 Å². The van der Waals surface area contributed by atoms with Gasteiger partial charge in [0.1, 0.15) is 26.8 Å². The Labute approximate surface area is 681 Å². The third kappa shape index (κ3) is 19.3. The minimum atomic E-state index is -5.14. The summed E-state index contributed by atoms with van der Waals surface area (Å²) in [6.07, 6.45) is 10.4. The number of nitrogens with zero attached hydrogens (tertiary/aromatic N) is 1. The third-order valence-electron chi connectivity index (χ3n) is 13.5. The van der Waals surface area contributed by atoms with E-state index in [1.165, 1.54) is 12.1 Å². The molecular formula is C47H47ClK5NO18S6. The van der Waals surface area contributed by atoms with Gasteiger partial charge in [-0.25, -0.2) is 33.7 Å². The van der Waals surface area contributed by atoms with Gasteiger partial charge in [0, 0.05) is 72.6 Å². The molecule has 4 aromatic carbocycles. The van der Waals surface area contributed by atoms with Crippen LogP contribution in [0.1, 0.15) is 102 Å². The molecule has 0 aromatic heterocycles. The first kappa shape index (κ1) is 78.7. The van der Waals surface area contributed by atoms with Crippen LogP contribution < -0.4 is 267 Å². The fourth-order valence-corrected chi connectivity index (χ4v) is 14.3. The van der Waals surface area contributed by atoms with Crippen molar-refractivity contribution in [2.24, 2.45) is 0 Å². The molecule has 3 aliphatic rings. The van der Waals surface area contributed by atoms with Gasteiger partial charge in [0.2, 0.25) is 5.69 Å². The second-order valence-corrected chi connectivity index (χ2v) is 26.5. The van der Waals surface area contributed by atoms with Gasteiger partial charge in [-0.1, -0.05) is 67.8 Å². The average molecular weight is 1340 g/mol. The maximum absolute atomic E-state index is 12.9. The molecule has 0 spiro atoms. The second kappa shape index (κ2) is 33.1. The molecule has 0 saturated heterocycles. The number of allylic oxidation sites excluding steroid dienone is 8. The fraction of sp³-hybridized carbons (Fsp3) is 0.383. The predicted molar refractivity (Wildman–Crippen MR) is 263 cm³/mol. The van der Waals surface area contributed by atoms with Crippen molar-refractivity contribution >= 4 is 109 Å². The molecule has 0 radical (unpaired) electrons. The number of benzene rings is 4. The molecule has 0 amide bonds. The largest absolute Gasteiger partial charge is 1.00 e. The van der Waals surface area contributed by atoms with E-state index in [1.807, 2.05) is 56.6 Å². The Morgan fingerprint density at radius 1 is 0.679 bits per heavy atom. The van der Waals surface area contributed by atoms with Crippen molar-refractivity contribution < 1.29 is 343 Å². The number of fused-ring (bicyclic) bond motifs is 6. The Kier molecular flexibility index (Phi) is 33.4. The van der Waals surface area contributed by atoms with Gasteiger partial charge in [0.05, 0.1) is 59.5 Å². The van der Waals surface area contributed by atoms with E-state index in [2.05, 4.69) is 18.7 Å². The van der Waals surface area contributed by atoms with Crippen LogP contribution in [0.5, 0.6) is 0 Å². The normalized spacial score (nSPS) is 18.1. The van der Waals surface area contributed by atoms with Crippen molar-refractivity contribution in [1.82, 2.24) is 0 Å². The number of hydrogen-bond acceptors (Lipinski definition) is 20. The van der Waals surface area contributed by atoms with Crippen LogP contribution in [0.4, 0.5) is 5.69 Å². The molecule has 1 unspecified atom stereocenters. The summed E-state index contributed by atoms with van der Waals surface area (Å²) in [5, 5.41) is 30.4. The van der Waals surface area contributed by atoms with Crippen LogP contribution in [0, 0.1) is 0 Å². The molecule has 2 aliphatic carbocycles. The quantitative estimate of drug-likeness (QED) is 0.0142. The van der Waals surface area contributed by atoms with Crippen LogP contribution in [-0.2, 0) is 70.0 Å². The minimum Gasteiger partial charge on any atom is -0.748 e. The van der Waals surface area contributed by atoms with E-state index >= 15 is 0 Å². The fourth-order valence-electron chi connectivity index (χ4n) is 10.5. The summed E-state index contributed by atoms with van der Waals surface area (Å²) in [7, 11) is -19.1. The van der Waals surface area contributed by atoms with E-state index in [0.717, 1.165) is 40.0 Å². The van der Waals surface area contributed by atoms with Crippen molar-refractivity contribution in [3.05, 3.63) is 111 Å². The number of rotatable bonds is 21. The van der Waals surface area contributed by atoms with Crippen LogP contribution in [0.2, 0.25) is 0 Å². The molecule has 31 heteroatoms. The topological polar surface area (TPSA) is 315 Å². The maximum Gasteiger partial charge on any atom is 1.00 e. The zero-order valence-corrected chi connectivity index (χ0v) is 65.7. The Hall–Kier alpha value is 4.60. The Morgan fingerprint density at radius 3 is 1.88 bits per heavy atom. The van der Waals surface area contributed by atoms with Crippen LogP contribution in [-0.4, -0.2) is 80.2 Å². The van der Waals surface area contributed by atoms with Crippen LogP contribution >= 0.6 is 35.7 Å². The van der Waals surface area contributed by atoms with Crippen LogP contribution in [0.3, 0.4) is 0 Å². The Balaban J connectivity index is 0.00000416. The molecule has 0 fully saturated rings. The van der Waals surface area contributed by atoms with E-state index < -0.39 is 72.6 Å². The van der Waals surface area contributed by atoms with Gasteiger partial charge in [0.25, 0.3) is 0 Å². The number of halogens is 1. The Bertz CT molecular complexity index is 3520. The minimum absolute atomic E-state index is 0. The van der Waals surface area contributed by atoms with Crippen LogP contribution in [0.15, 0.2) is 114 Å². The van der Waals surface area contributed by atoms with E-state index in [-0.39, 0.29) is 304 Å². The molecule has 78 heavy (non-hydrogen) atoms. The molecule has 4 aromatic rings. The zero-order chi connectivity index (χ0) is 53.5. The average Bonchev–Trinajstić information content (AvgIpc) is 3.65. The predicted octanol–water partition coefficient (Wildman–Crippen LogP) is -8.14. The van der Waals surface area contributed by atoms with Crippen molar-refractivity contribution in [2.75, 3.05) is 18.1 Å². The molecule has 0 N–H and O–H groups in total. The summed E-state index contributed by atoms with van der Waals surface area (Å²) in [4.78, 5) is -0.902. The summed E-state index contributed by atoms with van der Waals surface area (Å²) >= 11 is 8.12. The van der Waals surface area contributed by atoms with E-state index in [4.69, 9.17) is 11.6 Å². The van der Waals surface area contributed by atoms with E-state index in [9.17, 15) is 62.4 Å². The monoisotopic (exact) mass is 1330 g/mol. The standard InChI is InChI=1S/C47H52ClNO18S6.5K/c1-46(2)36(34(12-5-7-22-70(52,53)54)35-17-13-31-25-33(72(58,59)60)27-38(69-67-65-51)41(31)43(35)46)18-14-28-10-9-11-29(45(28)48)16-20-40-47(3,4)44-37(49(40)21-6-8-23-71(55,56)57)19-15-30-24-32(68-66-64-50)26-39(42(30)44)73(61,62)63;;;;;/h13-20,24-27,34H,5-12,21-23H2,1-4H3,(H5-,50,51,52,53,54,55,56,57,58,59,60,61,62,63);;;;;/q;5*+1/p-5. The first-order valence-corrected chi connectivity index (χ1v) is 30.3. The van der Waals surface area contributed by atoms with Crippen molar-refractivity contribution in [2.45, 2.75) is 115 Å². The summed E-state index contributed by atoms with van der Waals surface area (Å²) in [6, 6.07) is 11.7. The van der Waals surface area contributed by atoms with Crippen LogP contribution in [0.25, 0.3) is 21.5 Å². The molecule has 0 bridgehead atoms. The second-order valence-electron chi connectivity index (χ2n) is 18.8. The molecule has 0 saturated carbocycles. The van der Waals surface area contributed by atoms with Gasteiger partial charge >= 0.3 is 257 Å². The molecular weight excluding hydrogens is 1290 g/mol. The first-order chi connectivity index (χ1) is 34.1. The third-order valence-corrected chi connectivity index (χ3v) is 18.4. The van der Waals surface area contributed by atoms with Crippen molar-refractivity contribution in [3.63, 3.8) is 0 Å². The molecule has 19 nitrogen and oxygen atoms in total. The van der Waals surface area contributed by atoms with Crippen molar-refractivity contribution in [1.29, 1.82) is 0 Å². The van der Waals surface area contributed by atoms with Gasteiger partial charge in [0.15, 0.2) is 5.71 Å². The SMILES string of the molecule is CC1(C)C(=CC=C2CCCC(C=CC3=[N+](CCCCS(=O)(=O)[O-])c4ccc5cc(SOO[O-])cc(S(=O)(=O)[O-])c5c4C3(C)C)=C2Cl)C(CCCCS(=O)(=O)[O-])c2ccc3cc(S(=O)(=O)[O-])cc(SOO[O-])c3c21.[K+].[K+].[K+].[K+].[K+]. The number of hydrogen-bond donors (Lipinski definition) is 0. The molecule has 1 atom stereocenters. The molecule has 1 aliphatic heterocycles.